The predicted molar refractivity (Wildman–Crippen MR) is 102 cm³/mol. The molecule has 0 saturated carbocycles. The van der Waals surface area contributed by atoms with Crippen LogP contribution in [0.4, 0.5) is 10.1 Å². The Morgan fingerprint density at radius 2 is 1.92 bits per heavy atom. The topological polar surface area (TPSA) is 35.9 Å². The summed E-state index contributed by atoms with van der Waals surface area (Å²) in [5.41, 5.74) is 2.57. The molecule has 5 heteroatoms. The van der Waals surface area contributed by atoms with Gasteiger partial charge in [0.05, 0.1) is 12.8 Å². The monoisotopic (exact) mass is 356 g/mol. The lowest BCUT2D eigenvalue weighted by Gasteiger charge is -2.36. The van der Waals surface area contributed by atoms with Crippen LogP contribution in [-0.2, 0) is 13.0 Å². The number of rotatable bonds is 6. The second-order valence-corrected chi connectivity index (χ2v) is 6.51. The lowest BCUT2D eigenvalue weighted by Crippen LogP contribution is -2.46. The summed E-state index contributed by atoms with van der Waals surface area (Å²) in [5.74, 6) is 0.502. The van der Waals surface area contributed by atoms with E-state index in [1.54, 1.807) is 13.2 Å². The van der Waals surface area contributed by atoms with Crippen LogP contribution in [0.2, 0.25) is 0 Å². The number of halogens is 1. The van der Waals surface area contributed by atoms with Crippen molar-refractivity contribution in [1.29, 1.82) is 0 Å². The largest absolute Gasteiger partial charge is 0.504 e. The zero-order chi connectivity index (χ0) is 18.5. The third-order valence-corrected chi connectivity index (χ3v) is 4.77. The van der Waals surface area contributed by atoms with E-state index in [9.17, 15) is 9.50 Å². The van der Waals surface area contributed by atoms with Crippen molar-refractivity contribution in [3.05, 3.63) is 66.0 Å². The first-order chi connectivity index (χ1) is 12.6. The van der Waals surface area contributed by atoms with E-state index in [0.717, 1.165) is 43.7 Å². The van der Waals surface area contributed by atoms with Gasteiger partial charge in [-0.05, 0) is 30.2 Å². The molecule has 0 bridgehead atoms. The molecule has 1 saturated heterocycles. The molecule has 1 fully saturated rings. The van der Waals surface area contributed by atoms with Crippen molar-refractivity contribution in [2.45, 2.75) is 13.0 Å². The number of para-hydroxylation sites is 1. The number of allylic oxidation sites excluding steroid dienone is 1. The van der Waals surface area contributed by atoms with Gasteiger partial charge < -0.3 is 14.7 Å². The standard InChI is InChI=1S/C21H25FN2O2/c1-3-6-16-13-17(21(25)20(14-16)26-2)15-23-9-11-24(12-10-23)19-8-5-4-7-18(19)22/h3-5,7-8,13-14,25H,1,6,9-12,15H2,2H3. The first kappa shape index (κ1) is 18.3. The summed E-state index contributed by atoms with van der Waals surface area (Å²) in [4.78, 5) is 4.34. The summed E-state index contributed by atoms with van der Waals surface area (Å²) in [5, 5.41) is 10.4. The van der Waals surface area contributed by atoms with Gasteiger partial charge in [0, 0.05) is 38.3 Å². The minimum absolute atomic E-state index is 0.180. The van der Waals surface area contributed by atoms with Crippen molar-refractivity contribution in [1.82, 2.24) is 4.90 Å². The molecule has 2 aromatic rings. The molecule has 3 rings (SSSR count). The van der Waals surface area contributed by atoms with Crippen molar-refractivity contribution >= 4 is 5.69 Å². The number of ether oxygens (including phenoxy) is 1. The molecule has 0 aliphatic carbocycles. The molecule has 0 radical (unpaired) electrons. The van der Waals surface area contributed by atoms with E-state index in [1.165, 1.54) is 6.07 Å². The molecule has 0 unspecified atom stereocenters. The molecule has 4 nitrogen and oxygen atoms in total. The first-order valence-electron chi connectivity index (χ1n) is 8.84. The van der Waals surface area contributed by atoms with Gasteiger partial charge in [0.1, 0.15) is 5.82 Å². The fourth-order valence-electron chi connectivity index (χ4n) is 3.39. The Bertz CT molecular complexity index is 771. The third-order valence-electron chi connectivity index (χ3n) is 4.77. The quantitative estimate of drug-likeness (QED) is 0.803. The van der Waals surface area contributed by atoms with Crippen molar-refractivity contribution in [2.24, 2.45) is 0 Å². The molecular weight excluding hydrogens is 331 g/mol. The molecule has 0 amide bonds. The van der Waals surface area contributed by atoms with E-state index in [-0.39, 0.29) is 11.6 Å². The highest BCUT2D eigenvalue weighted by Crippen LogP contribution is 2.33. The fourth-order valence-corrected chi connectivity index (χ4v) is 3.39. The van der Waals surface area contributed by atoms with Gasteiger partial charge in [-0.3, -0.25) is 4.90 Å². The number of methoxy groups -OCH3 is 1. The van der Waals surface area contributed by atoms with Crippen LogP contribution in [0, 0.1) is 5.82 Å². The summed E-state index contributed by atoms with van der Waals surface area (Å²) in [6, 6.07) is 10.7. The van der Waals surface area contributed by atoms with Crippen LogP contribution in [0.1, 0.15) is 11.1 Å². The van der Waals surface area contributed by atoms with Gasteiger partial charge in [0.25, 0.3) is 0 Å². The maximum atomic E-state index is 14.0. The predicted octanol–water partition coefficient (Wildman–Crippen LogP) is 3.59. The molecule has 1 heterocycles. The van der Waals surface area contributed by atoms with E-state index in [2.05, 4.69) is 16.4 Å². The highest BCUT2D eigenvalue weighted by atomic mass is 19.1. The molecule has 1 N–H and O–H groups in total. The van der Waals surface area contributed by atoms with E-state index in [4.69, 9.17) is 4.74 Å². The summed E-state index contributed by atoms with van der Waals surface area (Å²) in [6.45, 7) is 7.54. The lowest BCUT2D eigenvalue weighted by atomic mass is 10.0. The number of phenols is 1. The molecule has 26 heavy (non-hydrogen) atoms. The average molecular weight is 356 g/mol. The Kier molecular flexibility index (Phi) is 5.78. The van der Waals surface area contributed by atoms with Gasteiger partial charge in [0.2, 0.25) is 0 Å². The highest BCUT2D eigenvalue weighted by Gasteiger charge is 2.21. The van der Waals surface area contributed by atoms with E-state index >= 15 is 0 Å². The number of nitrogens with zero attached hydrogens (tertiary/aromatic N) is 2. The van der Waals surface area contributed by atoms with Crippen LogP contribution in [0.5, 0.6) is 11.5 Å². The maximum absolute atomic E-state index is 14.0. The fraction of sp³-hybridized carbons (Fsp3) is 0.333. The van der Waals surface area contributed by atoms with Crippen LogP contribution in [0.15, 0.2) is 49.1 Å². The van der Waals surface area contributed by atoms with Crippen molar-refractivity contribution in [2.75, 3.05) is 38.2 Å². The number of aromatic hydroxyl groups is 1. The number of benzene rings is 2. The summed E-state index contributed by atoms with van der Waals surface area (Å²) >= 11 is 0. The second kappa shape index (κ2) is 8.23. The Balaban J connectivity index is 1.68. The Morgan fingerprint density at radius 3 is 2.58 bits per heavy atom. The van der Waals surface area contributed by atoms with Crippen molar-refractivity contribution in [3.63, 3.8) is 0 Å². The van der Waals surface area contributed by atoms with E-state index in [0.29, 0.717) is 18.0 Å². The van der Waals surface area contributed by atoms with Crippen LogP contribution in [-0.4, -0.2) is 43.3 Å². The van der Waals surface area contributed by atoms with Crippen LogP contribution in [0.25, 0.3) is 0 Å². The summed E-state index contributed by atoms with van der Waals surface area (Å²) in [7, 11) is 1.56. The smallest absolute Gasteiger partial charge is 0.162 e. The number of hydrogen-bond acceptors (Lipinski definition) is 4. The van der Waals surface area contributed by atoms with Crippen LogP contribution in [0.3, 0.4) is 0 Å². The van der Waals surface area contributed by atoms with Gasteiger partial charge in [-0.1, -0.05) is 24.3 Å². The average Bonchev–Trinajstić information content (AvgIpc) is 2.65. The number of hydrogen-bond donors (Lipinski definition) is 1. The Morgan fingerprint density at radius 1 is 1.19 bits per heavy atom. The SMILES string of the molecule is C=CCc1cc(CN2CCN(c3ccccc3F)CC2)c(O)c(OC)c1. The summed E-state index contributed by atoms with van der Waals surface area (Å²) in [6.07, 6.45) is 2.56. The van der Waals surface area contributed by atoms with Gasteiger partial charge >= 0.3 is 0 Å². The maximum Gasteiger partial charge on any atom is 0.162 e. The van der Waals surface area contributed by atoms with Gasteiger partial charge in [-0.15, -0.1) is 6.58 Å². The minimum atomic E-state index is -0.180. The molecule has 138 valence electrons. The van der Waals surface area contributed by atoms with Crippen LogP contribution >= 0.6 is 0 Å². The minimum Gasteiger partial charge on any atom is -0.504 e. The number of piperazine rings is 1. The highest BCUT2D eigenvalue weighted by molar-refractivity contribution is 5.50. The first-order valence-corrected chi connectivity index (χ1v) is 8.84. The normalized spacial score (nSPS) is 15.1. The van der Waals surface area contributed by atoms with E-state index < -0.39 is 0 Å². The molecule has 0 aromatic heterocycles. The van der Waals surface area contributed by atoms with Crippen molar-refractivity contribution < 1.29 is 14.2 Å². The zero-order valence-corrected chi connectivity index (χ0v) is 15.1. The summed E-state index contributed by atoms with van der Waals surface area (Å²) < 4.78 is 19.3. The zero-order valence-electron chi connectivity index (χ0n) is 15.1. The molecule has 0 atom stereocenters. The number of anilines is 1. The lowest BCUT2D eigenvalue weighted by molar-refractivity contribution is 0.245. The molecule has 1 aliphatic rings. The number of phenolic OH excluding ortho intramolecular Hbond substituents is 1. The van der Waals surface area contributed by atoms with Gasteiger partial charge in [0.15, 0.2) is 11.5 Å². The van der Waals surface area contributed by atoms with Gasteiger partial charge in [-0.25, -0.2) is 4.39 Å². The molecule has 0 spiro atoms. The van der Waals surface area contributed by atoms with Crippen LogP contribution < -0.4 is 9.64 Å². The Hall–Kier alpha value is -2.53. The van der Waals surface area contributed by atoms with Crippen molar-refractivity contribution in [3.8, 4) is 11.5 Å². The second-order valence-electron chi connectivity index (χ2n) is 6.51. The molecule has 2 aromatic carbocycles. The van der Waals surface area contributed by atoms with Gasteiger partial charge in [-0.2, -0.15) is 0 Å². The Labute approximate surface area is 154 Å². The van der Waals surface area contributed by atoms with E-state index in [1.807, 2.05) is 30.3 Å². The molecular formula is C21H25FN2O2. The third kappa shape index (κ3) is 3.99. The molecule has 1 aliphatic heterocycles.